The van der Waals surface area contributed by atoms with E-state index in [1.54, 1.807) is 11.0 Å². The molecule has 1 aliphatic heterocycles. The Labute approximate surface area is 134 Å². The van der Waals surface area contributed by atoms with Gasteiger partial charge >= 0.3 is 0 Å². The first-order valence-electron chi connectivity index (χ1n) is 8.26. The lowest BCUT2D eigenvalue weighted by Crippen LogP contribution is -2.36. The summed E-state index contributed by atoms with van der Waals surface area (Å²) >= 11 is 0. The molecule has 0 unspecified atom stereocenters. The van der Waals surface area contributed by atoms with Crippen molar-refractivity contribution in [2.75, 3.05) is 26.2 Å². The molecule has 23 heavy (non-hydrogen) atoms. The third kappa shape index (κ3) is 2.96. The second-order valence-electron chi connectivity index (χ2n) is 6.47. The Bertz CT molecular complexity index is 715. The standard InChI is InChI=1S/C18H20N2O3/c21-17-7-8-19(9-10-20(17)12-13-5-6-13)18(22)16-11-14-3-1-2-4-15(14)23-16/h1-4,11,13H,5-10,12H2. The van der Waals surface area contributed by atoms with Crippen molar-refractivity contribution in [1.29, 1.82) is 0 Å². The number of amides is 2. The fraction of sp³-hybridized carbons (Fsp3) is 0.444. The lowest BCUT2D eigenvalue weighted by molar-refractivity contribution is -0.130. The summed E-state index contributed by atoms with van der Waals surface area (Å²) in [5, 5.41) is 0.928. The highest BCUT2D eigenvalue weighted by molar-refractivity contribution is 5.96. The predicted octanol–water partition coefficient (Wildman–Crippen LogP) is 2.52. The van der Waals surface area contributed by atoms with Gasteiger partial charge in [-0.25, -0.2) is 0 Å². The van der Waals surface area contributed by atoms with Crippen LogP contribution in [0.25, 0.3) is 11.0 Å². The first-order valence-corrected chi connectivity index (χ1v) is 8.26. The van der Waals surface area contributed by atoms with Crippen LogP contribution in [0.1, 0.15) is 29.8 Å². The third-order valence-electron chi connectivity index (χ3n) is 4.69. The molecule has 2 aliphatic rings. The molecule has 1 aromatic heterocycles. The Kier molecular flexibility index (Phi) is 3.56. The van der Waals surface area contributed by atoms with Crippen LogP contribution in [0.2, 0.25) is 0 Å². The van der Waals surface area contributed by atoms with Gasteiger partial charge in [0.15, 0.2) is 5.76 Å². The SMILES string of the molecule is O=C1CCN(C(=O)c2cc3ccccc3o2)CCN1CC1CC1. The zero-order valence-electron chi connectivity index (χ0n) is 13.0. The van der Waals surface area contributed by atoms with E-state index in [1.807, 2.05) is 29.2 Å². The number of benzene rings is 1. The van der Waals surface area contributed by atoms with Crippen molar-refractivity contribution < 1.29 is 14.0 Å². The van der Waals surface area contributed by atoms with Crippen molar-refractivity contribution in [2.24, 2.45) is 5.92 Å². The van der Waals surface area contributed by atoms with Gasteiger partial charge in [0.05, 0.1) is 0 Å². The highest BCUT2D eigenvalue weighted by Gasteiger charge is 2.30. The molecule has 0 N–H and O–H groups in total. The van der Waals surface area contributed by atoms with E-state index in [0.717, 1.165) is 17.5 Å². The van der Waals surface area contributed by atoms with Gasteiger partial charge in [0.1, 0.15) is 5.58 Å². The number of fused-ring (bicyclic) bond motifs is 1. The number of carbonyl (C=O) groups is 2. The number of nitrogens with zero attached hydrogens (tertiary/aromatic N) is 2. The van der Waals surface area contributed by atoms with Crippen LogP contribution < -0.4 is 0 Å². The Morgan fingerprint density at radius 1 is 1.17 bits per heavy atom. The Balaban J connectivity index is 1.48. The summed E-state index contributed by atoms with van der Waals surface area (Å²) in [7, 11) is 0. The lowest BCUT2D eigenvalue weighted by atomic mass is 10.2. The summed E-state index contributed by atoms with van der Waals surface area (Å²) in [4.78, 5) is 28.5. The number of furan rings is 1. The topological polar surface area (TPSA) is 53.8 Å². The molecule has 5 heteroatoms. The molecule has 2 aromatic rings. The van der Waals surface area contributed by atoms with Crippen LogP contribution in [-0.2, 0) is 4.79 Å². The molecule has 0 spiro atoms. The molecule has 2 amide bonds. The zero-order chi connectivity index (χ0) is 15.8. The smallest absolute Gasteiger partial charge is 0.289 e. The van der Waals surface area contributed by atoms with Gasteiger partial charge in [-0.3, -0.25) is 9.59 Å². The van der Waals surface area contributed by atoms with Crippen molar-refractivity contribution in [3.05, 3.63) is 36.1 Å². The van der Waals surface area contributed by atoms with Gasteiger partial charge < -0.3 is 14.2 Å². The van der Waals surface area contributed by atoms with Gasteiger partial charge in [0.2, 0.25) is 5.91 Å². The minimum absolute atomic E-state index is 0.123. The quantitative estimate of drug-likeness (QED) is 0.875. The summed E-state index contributed by atoms with van der Waals surface area (Å²) in [6.45, 7) is 2.52. The van der Waals surface area contributed by atoms with Crippen molar-refractivity contribution in [3.63, 3.8) is 0 Å². The summed E-state index contributed by atoms with van der Waals surface area (Å²) in [6, 6.07) is 9.38. The highest BCUT2D eigenvalue weighted by atomic mass is 16.3. The molecule has 1 saturated carbocycles. The molecule has 120 valence electrons. The third-order valence-corrected chi connectivity index (χ3v) is 4.69. The first-order chi connectivity index (χ1) is 11.2. The molecule has 4 rings (SSSR count). The van der Waals surface area contributed by atoms with Crippen molar-refractivity contribution in [3.8, 4) is 0 Å². The van der Waals surface area contributed by atoms with Gasteiger partial charge in [0, 0.05) is 38.0 Å². The van der Waals surface area contributed by atoms with Gasteiger partial charge in [-0.05, 0) is 30.9 Å². The van der Waals surface area contributed by atoms with Crippen molar-refractivity contribution >= 4 is 22.8 Å². The maximum absolute atomic E-state index is 12.7. The van der Waals surface area contributed by atoms with Crippen LogP contribution in [0, 0.1) is 5.92 Å². The van der Waals surface area contributed by atoms with E-state index in [9.17, 15) is 9.59 Å². The van der Waals surface area contributed by atoms with Crippen molar-refractivity contribution in [1.82, 2.24) is 9.80 Å². The minimum atomic E-state index is -0.123. The van der Waals surface area contributed by atoms with Gasteiger partial charge in [-0.1, -0.05) is 18.2 Å². The second-order valence-corrected chi connectivity index (χ2v) is 6.47. The van der Waals surface area contributed by atoms with E-state index in [4.69, 9.17) is 4.42 Å². The number of carbonyl (C=O) groups excluding carboxylic acids is 2. The van der Waals surface area contributed by atoms with Crippen molar-refractivity contribution in [2.45, 2.75) is 19.3 Å². The highest BCUT2D eigenvalue weighted by Crippen LogP contribution is 2.30. The number of hydrogen-bond acceptors (Lipinski definition) is 3. The van der Waals surface area contributed by atoms with E-state index in [1.165, 1.54) is 12.8 Å². The molecule has 5 nitrogen and oxygen atoms in total. The molecule has 2 heterocycles. The van der Waals surface area contributed by atoms with Crippen LogP contribution >= 0.6 is 0 Å². The van der Waals surface area contributed by atoms with Crippen LogP contribution in [0.5, 0.6) is 0 Å². The van der Waals surface area contributed by atoms with Gasteiger partial charge in [0.25, 0.3) is 5.91 Å². The molecule has 1 aliphatic carbocycles. The summed E-state index contributed by atoms with van der Waals surface area (Å²) in [5.74, 6) is 1.07. The Morgan fingerprint density at radius 3 is 2.78 bits per heavy atom. The normalized spacial score (nSPS) is 19.2. The monoisotopic (exact) mass is 312 g/mol. The Hall–Kier alpha value is -2.30. The average Bonchev–Trinajstić information content (AvgIpc) is 3.30. The molecule has 1 saturated heterocycles. The fourth-order valence-corrected chi connectivity index (χ4v) is 3.12. The molecule has 1 aromatic carbocycles. The van der Waals surface area contributed by atoms with Gasteiger partial charge in [-0.2, -0.15) is 0 Å². The predicted molar refractivity (Wildman–Crippen MR) is 86.0 cm³/mol. The van der Waals surface area contributed by atoms with Crippen LogP contribution in [-0.4, -0.2) is 47.8 Å². The van der Waals surface area contributed by atoms with Crippen LogP contribution in [0.4, 0.5) is 0 Å². The van der Waals surface area contributed by atoms with E-state index >= 15 is 0 Å². The molecule has 0 atom stereocenters. The van der Waals surface area contributed by atoms with Crippen LogP contribution in [0.15, 0.2) is 34.7 Å². The largest absolute Gasteiger partial charge is 0.451 e. The number of hydrogen-bond donors (Lipinski definition) is 0. The summed E-state index contributed by atoms with van der Waals surface area (Å²) in [5.41, 5.74) is 0.720. The van der Waals surface area contributed by atoms with E-state index in [0.29, 0.717) is 37.7 Å². The minimum Gasteiger partial charge on any atom is -0.451 e. The molecule has 0 radical (unpaired) electrons. The Morgan fingerprint density at radius 2 is 2.00 bits per heavy atom. The summed E-state index contributed by atoms with van der Waals surface area (Å²) in [6.07, 6.45) is 2.86. The fourth-order valence-electron chi connectivity index (χ4n) is 3.12. The average molecular weight is 312 g/mol. The number of para-hydroxylation sites is 1. The molecular weight excluding hydrogens is 292 g/mol. The second kappa shape index (κ2) is 5.72. The molecule has 0 bridgehead atoms. The zero-order valence-corrected chi connectivity index (χ0v) is 13.0. The molecule has 2 fully saturated rings. The molecular formula is C18H20N2O3. The van der Waals surface area contributed by atoms with E-state index in [-0.39, 0.29) is 11.8 Å². The van der Waals surface area contributed by atoms with E-state index < -0.39 is 0 Å². The maximum atomic E-state index is 12.7. The van der Waals surface area contributed by atoms with E-state index in [2.05, 4.69) is 0 Å². The summed E-state index contributed by atoms with van der Waals surface area (Å²) < 4.78 is 5.66. The first kappa shape index (κ1) is 14.3. The van der Waals surface area contributed by atoms with Crippen LogP contribution in [0.3, 0.4) is 0 Å². The number of rotatable bonds is 3. The lowest BCUT2D eigenvalue weighted by Gasteiger charge is -2.21. The van der Waals surface area contributed by atoms with Gasteiger partial charge in [-0.15, -0.1) is 0 Å². The maximum Gasteiger partial charge on any atom is 0.289 e.